The molecule has 0 saturated carbocycles. The summed E-state index contributed by atoms with van der Waals surface area (Å²) in [7, 11) is 0. The van der Waals surface area contributed by atoms with E-state index < -0.39 is 18.2 Å². The Hall–Kier alpha value is -3.02. The van der Waals surface area contributed by atoms with E-state index in [1.54, 1.807) is 0 Å². The fourth-order valence-corrected chi connectivity index (χ4v) is 5.57. The lowest BCUT2D eigenvalue weighted by Crippen LogP contribution is -2.25. The second-order valence-corrected chi connectivity index (χ2v) is 17.0. The first kappa shape index (κ1) is 39.2. The van der Waals surface area contributed by atoms with Gasteiger partial charge in [0.15, 0.2) is 0 Å². The quantitative estimate of drug-likeness (QED) is 0.137. The van der Waals surface area contributed by atoms with Crippen molar-refractivity contribution in [1.82, 2.24) is 0 Å². The third kappa shape index (κ3) is 11.3. The average molecular weight is 639 g/mol. The van der Waals surface area contributed by atoms with Crippen LogP contribution in [0.25, 0.3) is 0 Å². The Labute approximate surface area is 279 Å². The summed E-state index contributed by atoms with van der Waals surface area (Å²) >= 11 is 0. The molecule has 0 aromatic heterocycles. The van der Waals surface area contributed by atoms with Crippen molar-refractivity contribution in [2.45, 2.75) is 169 Å². The van der Waals surface area contributed by atoms with Crippen LogP contribution in [0.15, 0.2) is 24.3 Å². The maximum Gasteiger partial charge on any atom is 0.309 e. The Morgan fingerprint density at radius 2 is 0.891 bits per heavy atom. The number of hydrogen-bond donors (Lipinski definition) is 2. The van der Waals surface area contributed by atoms with Gasteiger partial charge in [0, 0.05) is 19.3 Å². The van der Waals surface area contributed by atoms with Gasteiger partial charge in [-0.05, 0) is 74.3 Å². The summed E-state index contributed by atoms with van der Waals surface area (Å²) in [4.78, 5) is 26.1. The van der Waals surface area contributed by atoms with Crippen LogP contribution in [0.2, 0.25) is 0 Å². The first-order valence-corrected chi connectivity index (χ1v) is 17.1. The number of esters is 2. The van der Waals surface area contributed by atoms with E-state index in [1.165, 1.54) is 0 Å². The number of ether oxygens (including phenoxy) is 2. The Morgan fingerprint density at radius 3 is 1.15 bits per heavy atom. The summed E-state index contributed by atoms with van der Waals surface area (Å²) in [5.41, 5.74) is 4.29. The van der Waals surface area contributed by atoms with E-state index >= 15 is 0 Å². The normalized spacial score (nSPS) is 12.8. The minimum Gasteiger partial charge on any atom is -0.507 e. The van der Waals surface area contributed by atoms with Gasteiger partial charge in [-0.25, -0.2) is 0 Å². The summed E-state index contributed by atoms with van der Waals surface area (Å²) in [5.74, 6) is -0.211. The smallest absolute Gasteiger partial charge is 0.309 e. The van der Waals surface area contributed by atoms with E-state index in [0.29, 0.717) is 30.8 Å². The summed E-state index contributed by atoms with van der Waals surface area (Å²) in [5, 5.41) is 22.1. The number of aromatic hydroxyl groups is 2. The second-order valence-electron chi connectivity index (χ2n) is 17.0. The number of carbonyl (C=O) groups excluding carboxylic acids is 2. The standard InChI is InChI=1S/C40H62O6/c1-14-15-16-17-34(45-32(41)20-18-26-22-28(37(2,3)4)35(43)29(23-26)38(5,6)7)46-33(42)21-19-27-24-30(39(8,9)10)36(44)31(25-27)40(11,12)13/h22-25,34,43-44H,14-21H2,1-13H3. The maximum atomic E-state index is 13.1. The van der Waals surface area contributed by atoms with Gasteiger partial charge in [0.05, 0.1) is 0 Å². The number of hydrogen-bond acceptors (Lipinski definition) is 6. The van der Waals surface area contributed by atoms with Gasteiger partial charge in [0.25, 0.3) is 0 Å². The molecule has 0 unspecified atom stereocenters. The van der Waals surface area contributed by atoms with Gasteiger partial charge in [0.2, 0.25) is 6.29 Å². The third-order valence-electron chi connectivity index (χ3n) is 8.38. The fourth-order valence-electron chi connectivity index (χ4n) is 5.57. The van der Waals surface area contributed by atoms with Crippen LogP contribution in [0.1, 0.15) is 162 Å². The molecule has 258 valence electrons. The molecule has 2 rings (SSSR count). The van der Waals surface area contributed by atoms with E-state index in [-0.39, 0.29) is 34.5 Å². The molecule has 46 heavy (non-hydrogen) atoms. The third-order valence-corrected chi connectivity index (χ3v) is 8.38. The van der Waals surface area contributed by atoms with E-state index in [1.807, 2.05) is 24.3 Å². The van der Waals surface area contributed by atoms with E-state index in [4.69, 9.17) is 9.47 Å². The molecular weight excluding hydrogens is 576 g/mol. The molecule has 0 fully saturated rings. The molecular formula is C40H62O6. The molecule has 2 N–H and O–H groups in total. The molecule has 0 atom stereocenters. The lowest BCUT2D eigenvalue weighted by molar-refractivity contribution is -0.189. The number of benzene rings is 2. The molecule has 0 aliphatic carbocycles. The predicted molar refractivity (Wildman–Crippen MR) is 188 cm³/mol. The van der Waals surface area contributed by atoms with Crippen LogP contribution in [-0.4, -0.2) is 28.4 Å². The van der Waals surface area contributed by atoms with Crippen LogP contribution in [0.4, 0.5) is 0 Å². The van der Waals surface area contributed by atoms with Crippen molar-refractivity contribution in [2.75, 3.05) is 0 Å². The highest BCUT2D eigenvalue weighted by Gasteiger charge is 2.28. The Morgan fingerprint density at radius 1 is 0.587 bits per heavy atom. The zero-order chi connectivity index (χ0) is 35.3. The monoisotopic (exact) mass is 638 g/mol. The van der Waals surface area contributed by atoms with Gasteiger partial charge >= 0.3 is 11.9 Å². The van der Waals surface area contributed by atoms with Gasteiger partial charge in [-0.1, -0.05) is 127 Å². The molecule has 0 saturated heterocycles. The van der Waals surface area contributed by atoms with Crippen LogP contribution in [0.5, 0.6) is 11.5 Å². The lowest BCUT2D eigenvalue weighted by atomic mass is 9.78. The van der Waals surface area contributed by atoms with Gasteiger partial charge in [-0.15, -0.1) is 0 Å². The summed E-state index contributed by atoms with van der Waals surface area (Å²) in [6.07, 6.45) is 3.42. The molecule has 0 amide bonds. The van der Waals surface area contributed by atoms with Crippen molar-refractivity contribution < 1.29 is 29.3 Å². The highest BCUT2D eigenvalue weighted by molar-refractivity contribution is 5.72. The van der Waals surface area contributed by atoms with Gasteiger partial charge in [-0.3, -0.25) is 9.59 Å². The molecule has 6 nitrogen and oxygen atoms in total. The number of phenolic OH excluding ortho intramolecular Hbond substituents is 2. The van der Waals surface area contributed by atoms with Crippen molar-refractivity contribution in [3.05, 3.63) is 57.6 Å². The number of aryl methyl sites for hydroxylation is 2. The average Bonchev–Trinajstić information content (AvgIpc) is 2.89. The highest BCUT2D eigenvalue weighted by Crippen LogP contribution is 2.41. The minimum atomic E-state index is -0.934. The van der Waals surface area contributed by atoms with E-state index in [2.05, 4.69) is 90.0 Å². The molecule has 0 aliphatic rings. The largest absolute Gasteiger partial charge is 0.507 e. The van der Waals surface area contributed by atoms with Gasteiger partial charge in [-0.2, -0.15) is 0 Å². The lowest BCUT2D eigenvalue weighted by Gasteiger charge is -2.28. The van der Waals surface area contributed by atoms with Crippen LogP contribution >= 0.6 is 0 Å². The predicted octanol–water partition coefficient (Wildman–Crippen LogP) is 9.85. The Balaban J connectivity index is 2.17. The van der Waals surface area contributed by atoms with Crippen LogP contribution in [0.3, 0.4) is 0 Å². The molecule has 2 aromatic carbocycles. The first-order valence-electron chi connectivity index (χ1n) is 17.1. The fraction of sp³-hybridized carbons (Fsp3) is 0.650. The first-order chi connectivity index (χ1) is 20.9. The van der Waals surface area contributed by atoms with Crippen LogP contribution in [-0.2, 0) is 53.6 Å². The van der Waals surface area contributed by atoms with E-state index in [9.17, 15) is 19.8 Å². The zero-order valence-corrected chi connectivity index (χ0v) is 31.1. The number of carbonyl (C=O) groups is 2. The van der Waals surface area contributed by atoms with Crippen molar-refractivity contribution >= 4 is 11.9 Å². The Kier molecular flexibility index (Phi) is 13.0. The summed E-state index contributed by atoms with van der Waals surface area (Å²) in [6.45, 7) is 26.9. The van der Waals surface area contributed by atoms with Crippen LogP contribution in [0, 0.1) is 0 Å². The maximum absolute atomic E-state index is 13.1. The van der Waals surface area contributed by atoms with Crippen molar-refractivity contribution in [2.24, 2.45) is 0 Å². The van der Waals surface area contributed by atoms with Crippen molar-refractivity contribution in [3.8, 4) is 11.5 Å². The molecule has 2 aromatic rings. The van der Waals surface area contributed by atoms with Crippen molar-refractivity contribution in [3.63, 3.8) is 0 Å². The number of unbranched alkanes of at least 4 members (excludes halogenated alkanes) is 2. The summed E-state index contributed by atoms with van der Waals surface area (Å²) in [6, 6.07) is 7.93. The zero-order valence-electron chi connectivity index (χ0n) is 31.1. The molecule has 0 spiro atoms. The molecule has 6 heteroatoms. The SMILES string of the molecule is CCCCCC(OC(=O)CCc1cc(C(C)(C)C)c(O)c(C(C)(C)C)c1)OC(=O)CCc1cc(C(C)(C)C)c(O)c(C(C)(C)C)c1. The summed E-state index contributed by atoms with van der Waals surface area (Å²) < 4.78 is 11.5. The molecule has 0 heterocycles. The highest BCUT2D eigenvalue weighted by atomic mass is 16.7. The topological polar surface area (TPSA) is 93.1 Å². The van der Waals surface area contributed by atoms with Gasteiger partial charge < -0.3 is 19.7 Å². The van der Waals surface area contributed by atoms with Crippen molar-refractivity contribution in [1.29, 1.82) is 0 Å². The van der Waals surface area contributed by atoms with Gasteiger partial charge in [0.1, 0.15) is 11.5 Å². The number of phenols is 2. The van der Waals surface area contributed by atoms with E-state index in [0.717, 1.165) is 52.6 Å². The second kappa shape index (κ2) is 15.3. The molecule has 0 radical (unpaired) electrons. The Bertz CT molecular complexity index is 1170. The number of rotatable bonds is 12. The minimum absolute atomic E-state index is 0.137. The van der Waals surface area contributed by atoms with Crippen LogP contribution < -0.4 is 0 Å². The molecule has 0 aliphatic heterocycles. The molecule has 0 bridgehead atoms.